The zero-order valence-electron chi connectivity index (χ0n) is 59.7. The molecule has 0 saturated heterocycles. The van der Waals surface area contributed by atoms with Crippen molar-refractivity contribution in [3.05, 3.63) is 69.4 Å². The standard InChI is InChI=1S/C86H140O2S2/c1-5-9-13-17-21-25-29-33-37-41-45-49-53-57-61-73-65-67-89-85(73)81-71-77-75(63-59-55-51-47-43-39-35-31-27-23-19-15-11-7-3)69-80-79(83(77)87-81)70-76(64-60-56-52-48-44-40-36-32-28-24-20-16-12-8-4)78-72-82(88-84(78)80)86-74(66-68-90-86)62-58-54-50-46-42-38-34-30-26-22-18-14-10-6-2/h65-72H,5-64H2,1-4H3. The van der Waals surface area contributed by atoms with Gasteiger partial charge in [-0.05, 0) is 121 Å². The first-order valence-corrected chi connectivity index (χ1v) is 42.0. The third-order valence-electron chi connectivity index (χ3n) is 20.7. The molecule has 0 unspecified atom stereocenters. The molecule has 6 aromatic rings. The van der Waals surface area contributed by atoms with Gasteiger partial charge in [0.15, 0.2) is 0 Å². The van der Waals surface area contributed by atoms with Crippen LogP contribution in [0.3, 0.4) is 0 Å². The average molecular weight is 1270 g/mol. The minimum atomic E-state index is 1.08. The molecule has 4 heteroatoms. The van der Waals surface area contributed by atoms with Crippen molar-refractivity contribution in [3.8, 4) is 21.3 Å². The first kappa shape index (κ1) is 76.2. The maximum Gasteiger partial charge on any atom is 0.145 e. The first-order valence-electron chi connectivity index (χ1n) is 40.2. The summed E-state index contributed by atoms with van der Waals surface area (Å²) in [7, 11) is 0. The Hall–Kier alpha value is -2.82. The van der Waals surface area contributed by atoms with Crippen molar-refractivity contribution in [2.45, 2.75) is 413 Å². The lowest BCUT2D eigenvalue weighted by molar-refractivity contribution is 0.535. The number of rotatable bonds is 62. The number of furan rings is 2. The molecular weight excluding hydrogens is 1130 g/mol. The van der Waals surface area contributed by atoms with Gasteiger partial charge in [0.25, 0.3) is 0 Å². The molecule has 0 amide bonds. The van der Waals surface area contributed by atoms with Crippen LogP contribution in [-0.4, -0.2) is 0 Å². The number of thiophene rings is 2. The summed E-state index contributed by atoms with van der Waals surface area (Å²) in [5.41, 5.74) is 8.04. The van der Waals surface area contributed by atoms with Gasteiger partial charge in [-0.15, -0.1) is 22.7 Å². The van der Waals surface area contributed by atoms with Crippen LogP contribution in [0.15, 0.2) is 56.0 Å². The van der Waals surface area contributed by atoms with Gasteiger partial charge in [0.2, 0.25) is 0 Å². The van der Waals surface area contributed by atoms with Gasteiger partial charge in [-0.25, -0.2) is 0 Å². The zero-order valence-corrected chi connectivity index (χ0v) is 61.3. The Labute approximate surface area is 564 Å². The highest BCUT2D eigenvalue weighted by atomic mass is 32.1. The first-order chi connectivity index (χ1) is 44.7. The van der Waals surface area contributed by atoms with Crippen LogP contribution in [0.2, 0.25) is 0 Å². The van der Waals surface area contributed by atoms with Crippen molar-refractivity contribution in [3.63, 3.8) is 0 Å². The van der Waals surface area contributed by atoms with Gasteiger partial charge in [-0.3, -0.25) is 0 Å². The van der Waals surface area contributed by atoms with Crippen LogP contribution in [0.25, 0.3) is 54.0 Å². The van der Waals surface area contributed by atoms with Crippen LogP contribution in [0.1, 0.15) is 410 Å². The van der Waals surface area contributed by atoms with Crippen molar-refractivity contribution in [2.75, 3.05) is 0 Å². The summed E-state index contributed by atoms with van der Waals surface area (Å²) in [5.74, 6) is 2.16. The van der Waals surface area contributed by atoms with Crippen LogP contribution in [0.4, 0.5) is 0 Å². The molecule has 6 rings (SSSR count). The van der Waals surface area contributed by atoms with E-state index < -0.39 is 0 Å². The topological polar surface area (TPSA) is 26.3 Å². The number of fused-ring (bicyclic) bond motifs is 5. The Morgan fingerprint density at radius 3 is 0.644 bits per heavy atom. The van der Waals surface area contributed by atoms with Crippen molar-refractivity contribution >= 4 is 55.4 Å². The van der Waals surface area contributed by atoms with E-state index in [0.29, 0.717) is 0 Å². The van der Waals surface area contributed by atoms with E-state index in [4.69, 9.17) is 8.83 Å². The highest BCUT2D eigenvalue weighted by Gasteiger charge is 2.23. The van der Waals surface area contributed by atoms with Crippen molar-refractivity contribution in [2.24, 2.45) is 0 Å². The number of hydrogen-bond donors (Lipinski definition) is 0. The van der Waals surface area contributed by atoms with E-state index in [-0.39, 0.29) is 0 Å². The molecule has 0 bridgehead atoms. The van der Waals surface area contributed by atoms with E-state index in [1.54, 1.807) is 0 Å². The fourth-order valence-electron chi connectivity index (χ4n) is 14.9. The van der Waals surface area contributed by atoms with Gasteiger partial charge >= 0.3 is 0 Å². The quantitative estimate of drug-likeness (QED) is 0.0356. The molecule has 0 radical (unpaired) electrons. The van der Waals surface area contributed by atoms with Gasteiger partial charge in [0, 0.05) is 21.5 Å². The van der Waals surface area contributed by atoms with Crippen molar-refractivity contribution < 1.29 is 8.83 Å². The van der Waals surface area contributed by atoms with E-state index in [9.17, 15) is 0 Å². The molecule has 90 heavy (non-hydrogen) atoms. The van der Waals surface area contributed by atoms with E-state index in [2.05, 4.69) is 74.9 Å². The SMILES string of the molecule is CCCCCCCCCCCCCCCCc1ccsc1-c1cc2c(CCCCCCCCCCCCCCCC)cc3c(cc(CCCCCCCCCCCCCCCC)c4cc(-c5sccc5CCCCCCCCCCCCCCCC)oc43)c2o1. The van der Waals surface area contributed by atoms with Gasteiger partial charge in [0.1, 0.15) is 22.7 Å². The van der Waals surface area contributed by atoms with Crippen LogP contribution < -0.4 is 0 Å². The molecular formula is C86H140O2S2. The van der Waals surface area contributed by atoms with Gasteiger partial charge in [-0.1, -0.05) is 362 Å². The predicted molar refractivity (Wildman–Crippen MR) is 406 cm³/mol. The number of unbranched alkanes of at least 4 members (excludes halogenated alkanes) is 52. The lowest BCUT2D eigenvalue weighted by Gasteiger charge is -2.11. The molecule has 4 aromatic heterocycles. The molecule has 0 spiro atoms. The van der Waals surface area contributed by atoms with E-state index in [0.717, 1.165) is 48.4 Å². The zero-order chi connectivity index (χ0) is 63.0. The second-order valence-corrected chi connectivity index (χ2v) is 30.6. The van der Waals surface area contributed by atoms with Gasteiger partial charge in [-0.2, -0.15) is 0 Å². The molecule has 0 aliphatic heterocycles. The summed E-state index contributed by atoms with van der Waals surface area (Å²) in [5, 5.41) is 9.85. The highest BCUT2D eigenvalue weighted by Crippen LogP contribution is 2.45. The van der Waals surface area contributed by atoms with Crippen molar-refractivity contribution in [1.82, 2.24) is 0 Å². The summed E-state index contributed by atoms with van der Waals surface area (Å²) in [6.45, 7) is 9.28. The molecule has 0 aliphatic rings. The summed E-state index contributed by atoms with van der Waals surface area (Å²) < 4.78 is 14.7. The number of aryl methyl sites for hydroxylation is 4. The van der Waals surface area contributed by atoms with Crippen LogP contribution >= 0.6 is 22.7 Å². The monoisotopic (exact) mass is 1270 g/mol. The molecule has 0 aliphatic carbocycles. The third kappa shape index (κ3) is 30.3. The second kappa shape index (κ2) is 50.6. The van der Waals surface area contributed by atoms with E-state index >= 15 is 0 Å². The molecule has 4 heterocycles. The second-order valence-electron chi connectivity index (χ2n) is 28.8. The molecule has 2 nitrogen and oxygen atoms in total. The van der Waals surface area contributed by atoms with Crippen LogP contribution in [0.5, 0.6) is 0 Å². The van der Waals surface area contributed by atoms with Gasteiger partial charge < -0.3 is 8.83 Å². The molecule has 0 N–H and O–H groups in total. The minimum Gasteiger partial charge on any atom is -0.455 e. The molecule has 0 atom stereocenters. The Bertz CT molecular complexity index is 2450. The number of hydrogen-bond acceptors (Lipinski definition) is 4. The predicted octanol–water partition coefficient (Wildman–Crippen LogP) is 31.9. The fourth-order valence-corrected chi connectivity index (χ4v) is 16.7. The van der Waals surface area contributed by atoms with Crippen molar-refractivity contribution in [1.29, 1.82) is 0 Å². The lowest BCUT2D eigenvalue weighted by Crippen LogP contribution is -1.92. The summed E-state index contributed by atoms with van der Waals surface area (Å²) in [6, 6.07) is 14.9. The Morgan fingerprint density at radius 1 is 0.222 bits per heavy atom. The Morgan fingerprint density at radius 2 is 0.422 bits per heavy atom. The number of benzene rings is 2. The van der Waals surface area contributed by atoms with Crippen LogP contribution in [0, 0.1) is 0 Å². The molecule has 0 fully saturated rings. The van der Waals surface area contributed by atoms with E-state index in [1.807, 2.05) is 22.7 Å². The third-order valence-corrected chi connectivity index (χ3v) is 22.7. The molecule has 0 saturated carbocycles. The largest absolute Gasteiger partial charge is 0.455 e. The summed E-state index contributed by atoms with van der Waals surface area (Å²) in [4.78, 5) is 2.70. The van der Waals surface area contributed by atoms with E-state index in [1.165, 1.54) is 413 Å². The maximum atomic E-state index is 7.37. The average Bonchev–Trinajstić information content (AvgIpc) is 1.54. The summed E-state index contributed by atoms with van der Waals surface area (Å²) in [6.07, 6.45) is 82.5. The lowest BCUT2D eigenvalue weighted by atomic mass is 9.93. The molecule has 508 valence electrons. The van der Waals surface area contributed by atoms with Gasteiger partial charge in [0.05, 0.1) is 9.75 Å². The maximum absolute atomic E-state index is 7.37. The Kier molecular flexibility index (Phi) is 42.8. The normalized spacial score (nSPS) is 12.0. The highest BCUT2D eigenvalue weighted by molar-refractivity contribution is 7.14. The van der Waals surface area contributed by atoms with Crippen LogP contribution in [-0.2, 0) is 25.7 Å². The summed E-state index contributed by atoms with van der Waals surface area (Å²) >= 11 is 3.79. The minimum absolute atomic E-state index is 1.08. The fraction of sp³-hybridized carbons (Fsp3) is 0.744. The Balaban J connectivity index is 1.15. The smallest absolute Gasteiger partial charge is 0.145 e. The molecule has 2 aromatic carbocycles.